The number of rotatable bonds is 8. The minimum atomic E-state index is -1.02. The van der Waals surface area contributed by atoms with Gasteiger partial charge in [0, 0.05) is 30.8 Å². The summed E-state index contributed by atoms with van der Waals surface area (Å²) in [5, 5.41) is 2.72. The average molecular weight is 571 g/mol. The van der Waals surface area contributed by atoms with E-state index in [2.05, 4.69) is 20.2 Å². The number of nitrogens with two attached hydrogens (primary N) is 2. The summed E-state index contributed by atoms with van der Waals surface area (Å²) in [6.45, 7) is 11.9. The predicted octanol–water partition coefficient (Wildman–Crippen LogP) is 2.88. The summed E-state index contributed by atoms with van der Waals surface area (Å²) >= 11 is 0. The number of ether oxygens (including phenoxy) is 2. The summed E-state index contributed by atoms with van der Waals surface area (Å²) in [6.07, 6.45) is 1.40. The molecule has 1 fully saturated rings. The van der Waals surface area contributed by atoms with Crippen molar-refractivity contribution in [1.29, 1.82) is 0 Å². The lowest BCUT2D eigenvalue weighted by Gasteiger charge is -2.33. The van der Waals surface area contributed by atoms with Gasteiger partial charge in [-0.25, -0.2) is 4.79 Å². The van der Waals surface area contributed by atoms with Crippen molar-refractivity contribution in [1.82, 2.24) is 15.3 Å². The van der Waals surface area contributed by atoms with E-state index >= 15 is 0 Å². The van der Waals surface area contributed by atoms with Crippen LogP contribution in [0.2, 0.25) is 0 Å². The maximum absolute atomic E-state index is 13.1. The third-order valence-corrected chi connectivity index (χ3v) is 6.45. The lowest BCUT2D eigenvalue weighted by atomic mass is 9.90. The average Bonchev–Trinajstić information content (AvgIpc) is 2.84. The maximum Gasteiger partial charge on any atom is 0.329 e. The Morgan fingerprint density at radius 2 is 1.61 bits per heavy atom. The second kappa shape index (κ2) is 12.6. The van der Waals surface area contributed by atoms with E-state index in [1.165, 1.54) is 0 Å². The standard InChI is InChI=1S/C29H42N6O6/c1-28(2,3)40-21(36)12-11-20(26(39)41-29(4,5)6)32-24(37)18-7-9-19(10-8-18)35-15-13-17(14-16-35)22-23(30)33-27(31)34-25(22)38/h7-10,17,20H,11-16H2,1-6H3,(H,32,37)(H5,30,31,33,34,38)/t20-/m0/s1. The smallest absolute Gasteiger partial charge is 0.329 e. The van der Waals surface area contributed by atoms with Crippen molar-refractivity contribution in [3.05, 3.63) is 45.7 Å². The minimum absolute atomic E-state index is 0.00160. The molecule has 2 aromatic rings. The summed E-state index contributed by atoms with van der Waals surface area (Å²) < 4.78 is 10.8. The van der Waals surface area contributed by atoms with Crippen LogP contribution >= 0.6 is 0 Å². The Bertz CT molecular complexity index is 1300. The monoisotopic (exact) mass is 570 g/mol. The largest absolute Gasteiger partial charge is 0.460 e. The fourth-order valence-corrected chi connectivity index (χ4v) is 4.68. The van der Waals surface area contributed by atoms with Crippen LogP contribution in [0.15, 0.2) is 29.1 Å². The number of nitrogen functional groups attached to an aromatic ring is 2. The van der Waals surface area contributed by atoms with E-state index < -0.39 is 35.1 Å². The molecule has 6 N–H and O–H groups in total. The maximum atomic E-state index is 13.1. The van der Waals surface area contributed by atoms with Gasteiger partial charge in [0.1, 0.15) is 23.1 Å². The van der Waals surface area contributed by atoms with Crippen molar-refractivity contribution in [2.45, 2.75) is 90.4 Å². The van der Waals surface area contributed by atoms with E-state index in [1.807, 2.05) is 12.1 Å². The fourth-order valence-electron chi connectivity index (χ4n) is 4.68. The number of carbonyl (C=O) groups is 3. The topological polar surface area (TPSA) is 183 Å². The summed E-state index contributed by atoms with van der Waals surface area (Å²) in [7, 11) is 0. The summed E-state index contributed by atoms with van der Waals surface area (Å²) in [4.78, 5) is 59.2. The number of hydrogen-bond donors (Lipinski definition) is 4. The molecule has 0 radical (unpaired) electrons. The van der Waals surface area contributed by atoms with Crippen molar-refractivity contribution in [3.8, 4) is 0 Å². The molecule has 1 aromatic heterocycles. The fraction of sp³-hybridized carbons (Fsp3) is 0.552. The van der Waals surface area contributed by atoms with E-state index in [4.69, 9.17) is 20.9 Å². The Hall–Kier alpha value is -4.09. The Morgan fingerprint density at radius 3 is 2.15 bits per heavy atom. The van der Waals surface area contributed by atoms with E-state index in [-0.39, 0.29) is 36.1 Å². The third kappa shape index (κ3) is 9.22. The van der Waals surface area contributed by atoms with E-state index in [0.29, 0.717) is 37.1 Å². The quantitative estimate of drug-likeness (QED) is 0.344. The first kappa shape index (κ1) is 31.4. The van der Waals surface area contributed by atoms with Crippen LogP contribution in [0.3, 0.4) is 0 Å². The summed E-state index contributed by atoms with van der Waals surface area (Å²) in [6, 6.07) is 6.02. The van der Waals surface area contributed by atoms with Crippen LogP contribution in [0.5, 0.6) is 0 Å². The van der Waals surface area contributed by atoms with Gasteiger partial charge in [-0.1, -0.05) is 0 Å². The molecule has 1 amide bonds. The molecule has 0 saturated carbocycles. The molecule has 1 aromatic carbocycles. The highest BCUT2D eigenvalue weighted by Crippen LogP contribution is 2.31. The Kier molecular flexibility index (Phi) is 9.67. The lowest BCUT2D eigenvalue weighted by Crippen LogP contribution is -2.44. The normalized spacial score (nSPS) is 15.2. The summed E-state index contributed by atoms with van der Waals surface area (Å²) in [5.41, 5.74) is 11.6. The molecule has 12 nitrogen and oxygen atoms in total. The van der Waals surface area contributed by atoms with E-state index in [1.54, 1.807) is 53.7 Å². The molecular formula is C29H42N6O6. The molecule has 1 aliphatic rings. The number of benzene rings is 1. The van der Waals surface area contributed by atoms with Gasteiger partial charge in [-0.3, -0.25) is 19.4 Å². The van der Waals surface area contributed by atoms with Gasteiger partial charge in [0.15, 0.2) is 0 Å². The number of aromatic amines is 1. The number of esters is 2. The van der Waals surface area contributed by atoms with Crippen LogP contribution in [0, 0.1) is 0 Å². The zero-order valence-corrected chi connectivity index (χ0v) is 24.7. The molecule has 224 valence electrons. The highest BCUT2D eigenvalue weighted by Gasteiger charge is 2.29. The molecule has 1 aliphatic heterocycles. The van der Waals surface area contributed by atoms with Crippen molar-refractivity contribution in [2.24, 2.45) is 0 Å². The zero-order chi connectivity index (χ0) is 30.5. The minimum Gasteiger partial charge on any atom is -0.460 e. The second-order valence-corrected chi connectivity index (χ2v) is 12.2. The first-order valence-electron chi connectivity index (χ1n) is 13.8. The van der Waals surface area contributed by atoms with Gasteiger partial charge < -0.3 is 31.2 Å². The van der Waals surface area contributed by atoms with Crippen molar-refractivity contribution >= 4 is 35.3 Å². The van der Waals surface area contributed by atoms with Crippen LogP contribution in [0.4, 0.5) is 17.5 Å². The number of H-pyrrole nitrogens is 1. The lowest BCUT2D eigenvalue weighted by molar-refractivity contribution is -0.158. The van der Waals surface area contributed by atoms with Crippen LogP contribution in [-0.4, -0.2) is 58.1 Å². The summed E-state index contributed by atoms with van der Waals surface area (Å²) in [5.74, 6) is -1.41. The SMILES string of the molecule is CC(C)(C)OC(=O)CC[C@H](NC(=O)c1ccc(N2CCC(c3c(N)nc(N)[nH]c3=O)CC2)cc1)C(=O)OC(C)(C)C. The first-order valence-corrected chi connectivity index (χ1v) is 13.8. The molecule has 41 heavy (non-hydrogen) atoms. The highest BCUT2D eigenvalue weighted by atomic mass is 16.6. The molecule has 0 spiro atoms. The van der Waals surface area contributed by atoms with Gasteiger partial charge in [-0.15, -0.1) is 0 Å². The number of hydrogen-bond acceptors (Lipinski definition) is 10. The van der Waals surface area contributed by atoms with Crippen LogP contribution in [0.1, 0.15) is 89.1 Å². The van der Waals surface area contributed by atoms with Crippen LogP contribution < -0.4 is 27.2 Å². The van der Waals surface area contributed by atoms with Gasteiger partial charge in [0.2, 0.25) is 5.95 Å². The second-order valence-electron chi connectivity index (χ2n) is 12.2. The van der Waals surface area contributed by atoms with Crippen LogP contribution in [0.25, 0.3) is 0 Å². The number of amides is 1. The predicted molar refractivity (Wildman–Crippen MR) is 156 cm³/mol. The molecule has 12 heteroatoms. The molecule has 3 rings (SSSR count). The highest BCUT2D eigenvalue weighted by molar-refractivity contribution is 5.97. The van der Waals surface area contributed by atoms with Gasteiger partial charge in [-0.05, 0) is 91.0 Å². The number of nitrogens with zero attached hydrogens (tertiary/aromatic N) is 2. The Balaban J connectivity index is 1.63. The molecule has 1 saturated heterocycles. The molecule has 0 bridgehead atoms. The molecular weight excluding hydrogens is 528 g/mol. The number of anilines is 3. The van der Waals surface area contributed by atoms with Crippen molar-refractivity contribution in [3.63, 3.8) is 0 Å². The number of nitrogens with one attached hydrogen (secondary N) is 2. The zero-order valence-electron chi connectivity index (χ0n) is 24.7. The van der Waals surface area contributed by atoms with E-state index in [0.717, 1.165) is 5.69 Å². The Labute approximate surface area is 240 Å². The molecule has 1 atom stereocenters. The first-order chi connectivity index (χ1) is 19.0. The molecule has 2 heterocycles. The Morgan fingerprint density at radius 1 is 1.02 bits per heavy atom. The van der Waals surface area contributed by atoms with Gasteiger partial charge in [0.05, 0.1) is 5.56 Å². The van der Waals surface area contributed by atoms with Crippen molar-refractivity contribution < 1.29 is 23.9 Å². The number of aromatic nitrogens is 2. The van der Waals surface area contributed by atoms with Crippen LogP contribution in [-0.2, 0) is 19.1 Å². The van der Waals surface area contributed by atoms with Gasteiger partial charge >= 0.3 is 11.9 Å². The van der Waals surface area contributed by atoms with E-state index in [9.17, 15) is 19.2 Å². The number of carbonyl (C=O) groups excluding carboxylic acids is 3. The molecule has 0 aliphatic carbocycles. The van der Waals surface area contributed by atoms with Gasteiger partial charge in [-0.2, -0.15) is 4.98 Å². The number of piperidine rings is 1. The van der Waals surface area contributed by atoms with Crippen molar-refractivity contribution in [2.75, 3.05) is 29.5 Å². The van der Waals surface area contributed by atoms with Gasteiger partial charge in [0.25, 0.3) is 11.5 Å². The molecule has 0 unspecified atom stereocenters. The third-order valence-electron chi connectivity index (χ3n) is 6.45.